The van der Waals surface area contributed by atoms with Crippen LogP contribution >= 0.6 is 0 Å². The van der Waals surface area contributed by atoms with Crippen molar-refractivity contribution in [1.29, 1.82) is 0 Å². The third kappa shape index (κ3) is 2.34. The van der Waals surface area contributed by atoms with Crippen LogP contribution < -0.4 is 18.9 Å². The summed E-state index contributed by atoms with van der Waals surface area (Å²) in [5.74, 6) is 3.71. The van der Waals surface area contributed by atoms with Gasteiger partial charge in [0.1, 0.15) is 0 Å². The largest absolute Gasteiger partial charge is 0.493 e. The van der Waals surface area contributed by atoms with Gasteiger partial charge in [-0.2, -0.15) is 0 Å². The molecule has 23 heavy (non-hydrogen) atoms. The van der Waals surface area contributed by atoms with E-state index in [9.17, 15) is 4.21 Å². The van der Waals surface area contributed by atoms with E-state index < -0.39 is 10.8 Å². The van der Waals surface area contributed by atoms with E-state index in [4.69, 9.17) is 18.9 Å². The number of methoxy groups -OCH3 is 2. The van der Waals surface area contributed by atoms with E-state index in [-0.39, 0.29) is 6.79 Å². The lowest BCUT2D eigenvalue weighted by Crippen LogP contribution is -1.98. The van der Waals surface area contributed by atoms with Crippen LogP contribution in [0.4, 0.5) is 0 Å². The molecule has 0 aromatic heterocycles. The Morgan fingerprint density at radius 2 is 1.43 bits per heavy atom. The van der Waals surface area contributed by atoms with Crippen LogP contribution in [0.25, 0.3) is 11.1 Å². The summed E-state index contributed by atoms with van der Waals surface area (Å²) in [4.78, 5) is 0. The molecule has 0 amide bonds. The summed E-state index contributed by atoms with van der Waals surface area (Å²) in [6.07, 6.45) is 0. The third-order valence-corrected chi connectivity index (χ3v) is 5.40. The van der Waals surface area contributed by atoms with Crippen molar-refractivity contribution >= 4 is 10.8 Å². The van der Waals surface area contributed by atoms with Crippen LogP contribution in [-0.4, -0.2) is 25.2 Å². The number of rotatable bonds is 2. The minimum atomic E-state index is -0.988. The zero-order valence-corrected chi connectivity index (χ0v) is 13.7. The lowest BCUT2D eigenvalue weighted by molar-refractivity contribution is 0.174. The molecule has 1 unspecified atom stereocenters. The van der Waals surface area contributed by atoms with Crippen molar-refractivity contribution in [2.24, 2.45) is 0 Å². The predicted molar refractivity (Wildman–Crippen MR) is 86.7 cm³/mol. The van der Waals surface area contributed by atoms with Gasteiger partial charge < -0.3 is 18.9 Å². The summed E-state index contributed by atoms with van der Waals surface area (Å²) in [5.41, 5.74) is 4.00. The Bertz CT molecular complexity index is 815. The molecular formula is C17H16O5S. The maximum Gasteiger partial charge on any atom is 0.231 e. The van der Waals surface area contributed by atoms with Crippen LogP contribution in [0, 0.1) is 0 Å². The van der Waals surface area contributed by atoms with Gasteiger partial charge in [-0.3, -0.25) is 4.21 Å². The number of benzene rings is 2. The van der Waals surface area contributed by atoms with Gasteiger partial charge in [-0.25, -0.2) is 0 Å². The van der Waals surface area contributed by atoms with Gasteiger partial charge in [0.15, 0.2) is 23.0 Å². The molecule has 0 saturated carbocycles. The summed E-state index contributed by atoms with van der Waals surface area (Å²) in [5, 5.41) is 0. The molecule has 2 heterocycles. The monoisotopic (exact) mass is 332 g/mol. The minimum absolute atomic E-state index is 0.222. The fourth-order valence-electron chi connectivity index (χ4n) is 3.04. The average molecular weight is 332 g/mol. The van der Waals surface area contributed by atoms with Crippen molar-refractivity contribution in [1.82, 2.24) is 0 Å². The van der Waals surface area contributed by atoms with Crippen LogP contribution in [0.2, 0.25) is 0 Å². The number of fused-ring (bicyclic) bond motifs is 4. The van der Waals surface area contributed by atoms with Crippen molar-refractivity contribution in [3.8, 4) is 34.1 Å². The van der Waals surface area contributed by atoms with Gasteiger partial charge in [-0.15, -0.1) is 0 Å². The Kier molecular flexibility index (Phi) is 3.41. The molecule has 0 fully saturated rings. The molecule has 0 N–H and O–H groups in total. The fourth-order valence-corrected chi connectivity index (χ4v) is 4.32. The van der Waals surface area contributed by atoms with Gasteiger partial charge in [-0.05, 0) is 46.5 Å². The molecular weight excluding hydrogens is 316 g/mol. The summed E-state index contributed by atoms with van der Waals surface area (Å²) < 4.78 is 34.2. The van der Waals surface area contributed by atoms with Gasteiger partial charge in [0.05, 0.1) is 14.2 Å². The molecule has 2 aliphatic rings. The minimum Gasteiger partial charge on any atom is -0.493 e. The second kappa shape index (κ2) is 5.45. The summed E-state index contributed by atoms with van der Waals surface area (Å²) >= 11 is 0. The molecule has 2 aliphatic heterocycles. The molecule has 6 heteroatoms. The molecule has 0 saturated heterocycles. The lowest BCUT2D eigenvalue weighted by atomic mass is 9.95. The van der Waals surface area contributed by atoms with E-state index in [1.807, 2.05) is 24.3 Å². The highest BCUT2D eigenvalue weighted by Crippen LogP contribution is 2.44. The van der Waals surface area contributed by atoms with Crippen molar-refractivity contribution in [3.63, 3.8) is 0 Å². The van der Waals surface area contributed by atoms with Gasteiger partial charge in [0, 0.05) is 22.3 Å². The summed E-state index contributed by atoms with van der Waals surface area (Å²) in [7, 11) is 2.22. The maximum atomic E-state index is 12.4. The van der Waals surface area contributed by atoms with E-state index in [1.165, 1.54) is 0 Å². The van der Waals surface area contributed by atoms with E-state index >= 15 is 0 Å². The Balaban J connectivity index is 1.97. The van der Waals surface area contributed by atoms with E-state index in [1.54, 1.807) is 14.2 Å². The predicted octanol–water partition coefficient (Wildman–Crippen LogP) is 2.86. The number of hydrogen-bond acceptors (Lipinski definition) is 5. The van der Waals surface area contributed by atoms with Crippen molar-refractivity contribution in [2.75, 3.05) is 21.0 Å². The highest BCUT2D eigenvalue weighted by Gasteiger charge is 2.25. The van der Waals surface area contributed by atoms with Crippen LogP contribution in [-0.2, 0) is 22.3 Å². The van der Waals surface area contributed by atoms with Crippen molar-refractivity contribution in [2.45, 2.75) is 11.5 Å². The van der Waals surface area contributed by atoms with Crippen LogP contribution in [0.5, 0.6) is 23.0 Å². The SMILES string of the molecule is COc1cc2c(cc1OC)-c1cc3c(cc1CS(=O)C2)OCO3. The topological polar surface area (TPSA) is 54.0 Å². The van der Waals surface area contributed by atoms with E-state index in [2.05, 4.69) is 0 Å². The highest BCUT2D eigenvalue weighted by atomic mass is 32.2. The van der Waals surface area contributed by atoms with Gasteiger partial charge in [-0.1, -0.05) is 0 Å². The van der Waals surface area contributed by atoms with E-state index in [0.717, 1.165) is 28.0 Å². The maximum absolute atomic E-state index is 12.4. The van der Waals surface area contributed by atoms with Gasteiger partial charge in [0.2, 0.25) is 6.79 Å². The molecule has 120 valence electrons. The first kappa shape index (κ1) is 14.4. The molecule has 2 aromatic carbocycles. The average Bonchev–Trinajstić information content (AvgIpc) is 2.95. The van der Waals surface area contributed by atoms with Crippen LogP contribution in [0.15, 0.2) is 24.3 Å². The Labute approximate surface area is 136 Å². The summed E-state index contributed by atoms with van der Waals surface area (Å²) in [6, 6.07) is 7.75. The molecule has 0 radical (unpaired) electrons. The number of hydrogen-bond donors (Lipinski definition) is 0. The zero-order valence-electron chi connectivity index (χ0n) is 12.9. The molecule has 5 nitrogen and oxygen atoms in total. The molecule has 1 atom stereocenters. The normalized spacial score (nSPS) is 17.9. The first-order chi connectivity index (χ1) is 11.2. The Morgan fingerprint density at radius 3 is 2.13 bits per heavy atom. The van der Waals surface area contributed by atoms with Crippen LogP contribution in [0.1, 0.15) is 11.1 Å². The lowest BCUT2D eigenvalue weighted by Gasteiger charge is -2.14. The molecule has 0 aliphatic carbocycles. The molecule has 2 aromatic rings. The molecule has 0 bridgehead atoms. The zero-order chi connectivity index (χ0) is 16.0. The van der Waals surface area contributed by atoms with Gasteiger partial charge >= 0.3 is 0 Å². The Hall–Kier alpha value is -2.21. The molecule has 0 spiro atoms. The quantitative estimate of drug-likeness (QED) is 0.846. The van der Waals surface area contributed by atoms with Crippen molar-refractivity contribution in [3.05, 3.63) is 35.4 Å². The second-order valence-corrected chi connectivity index (χ2v) is 6.91. The van der Waals surface area contributed by atoms with Gasteiger partial charge in [0.25, 0.3) is 0 Å². The third-order valence-electron chi connectivity index (χ3n) is 4.13. The highest BCUT2D eigenvalue weighted by molar-refractivity contribution is 7.83. The van der Waals surface area contributed by atoms with Crippen LogP contribution in [0.3, 0.4) is 0 Å². The number of ether oxygens (including phenoxy) is 4. The first-order valence-corrected chi connectivity index (χ1v) is 8.71. The first-order valence-electron chi connectivity index (χ1n) is 7.22. The smallest absolute Gasteiger partial charge is 0.231 e. The van der Waals surface area contributed by atoms with Crippen molar-refractivity contribution < 1.29 is 23.2 Å². The standard InChI is InChI=1S/C17H16O5S/c1-19-14-3-10-7-23(18)8-11-4-16-17(22-9-21-16)6-13(11)12(10)5-15(14)20-2/h3-6H,7-9H2,1-2H3. The molecule has 4 rings (SSSR count). The fraction of sp³-hybridized carbons (Fsp3) is 0.294. The Morgan fingerprint density at radius 1 is 0.870 bits per heavy atom. The van der Waals surface area contributed by atoms with E-state index in [0.29, 0.717) is 28.8 Å². The second-order valence-electron chi connectivity index (χ2n) is 5.46. The summed E-state index contributed by atoms with van der Waals surface area (Å²) in [6.45, 7) is 0.222.